The van der Waals surface area contributed by atoms with Crippen molar-refractivity contribution in [2.75, 3.05) is 7.11 Å². The molecule has 0 N–H and O–H groups in total. The Balaban J connectivity index is 1.78. The highest BCUT2D eigenvalue weighted by Gasteiger charge is 2.28. The van der Waals surface area contributed by atoms with Gasteiger partial charge in [0.25, 0.3) is 5.91 Å². The number of ether oxygens (including phenoxy) is 1. The minimum atomic E-state index is -0.732. The number of benzene rings is 3. The van der Waals surface area contributed by atoms with Gasteiger partial charge in [-0.3, -0.25) is 9.78 Å². The summed E-state index contributed by atoms with van der Waals surface area (Å²) in [5, 5.41) is 1.73. The summed E-state index contributed by atoms with van der Waals surface area (Å²) < 4.78 is 33.2. The van der Waals surface area contributed by atoms with E-state index in [4.69, 9.17) is 4.74 Å². The van der Waals surface area contributed by atoms with E-state index in [1.807, 2.05) is 31.2 Å². The highest BCUT2D eigenvalue weighted by Crippen LogP contribution is 2.30. The summed E-state index contributed by atoms with van der Waals surface area (Å²) in [4.78, 5) is 31.7. The first-order valence-corrected chi connectivity index (χ1v) is 11.2. The Labute approximate surface area is 202 Å². The second kappa shape index (κ2) is 10.4. The third-order valence-electron chi connectivity index (χ3n) is 5.90. The smallest absolute Gasteiger partial charge is 0.337 e. The summed E-state index contributed by atoms with van der Waals surface area (Å²) >= 11 is 0. The van der Waals surface area contributed by atoms with Crippen LogP contribution < -0.4 is 0 Å². The highest BCUT2D eigenvalue weighted by molar-refractivity contribution is 5.96. The summed E-state index contributed by atoms with van der Waals surface area (Å²) in [6.45, 7) is 1.90. The molecule has 1 atom stereocenters. The summed E-state index contributed by atoms with van der Waals surface area (Å²) in [7, 11) is 1.29. The third-order valence-corrected chi connectivity index (χ3v) is 5.90. The van der Waals surface area contributed by atoms with Gasteiger partial charge in [0.2, 0.25) is 0 Å². The molecule has 1 amide bonds. The monoisotopic (exact) mass is 474 g/mol. The minimum absolute atomic E-state index is 0.0769. The Hall–Kier alpha value is -4.13. The first-order chi connectivity index (χ1) is 16.9. The topological polar surface area (TPSA) is 59.5 Å². The number of pyridine rings is 1. The van der Waals surface area contributed by atoms with E-state index < -0.39 is 29.6 Å². The van der Waals surface area contributed by atoms with Crippen LogP contribution in [0.2, 0.25) is 0 Å². The summed E-state index contributed by atoms with van der Waals surface area (Å²) in [5.41, 5.74) is 1.39. The SMILES string of the molecule is CC[C@H](c1ccc(F)cc1F)N(Cc1cccc(C(=O)OC)c1)C(=O)c1cc2ccccc2cn1. The van der Waals surface area contributed by atoms with Crippen LogP contribution in [0.15, 0.2) is 79.0 Å². The summed E-state index contributed by atoms with van der Waals surface area (Å²) in [6, 6.07) is 18.6. The first kappa shape index (κ1) is 24.0. The van der Waals surface area contributed by atoms with Gasteiger partial charge < -0.3 is 9.64 Å². The second-order valence-electron chi connectivity index (χ2n) is 8.13. The molecule has 0 aliphatic rings. The predicted octanol–water partition coefficient (Wildman–Crippen LogP) is 6.09. The lowest BCUT2D eigenvalue weighted by Crippen LogP contribution is -2.35. The number of carbonyl (C=O) groups excluding carboxylic acids is 2. The highest BCUT2D eigenvalue weighted by atomic mass is 19.1. The zero-order valence-corrected chi connectivity index (χ0v) is 19.4. The maximum Gasteiger partial charge on any atom is 0.337 e. The van der Waals surface area contributed by atoms with E-state index >= 15 is 0 Å². The summed E-state index contributed by atoms with van der Waals surface area (Å²) in [6.07, 6.45) is 2.00. The Kier molecular flexibility index (Phi) is 7.15. The van der Waals surface area contributed by atoms with E-state index in [1.54, 1.807) is 36.5 Å². The number of esters is 1. The van der Waals surface area contributed by atoms with E-state index in [0.717, 1.165) is 16.8 Å². The molecule has 0 aliphatic heterocycles. The van der Waals surface area contributed by atoms with E-state index in [2.05, 4.69) is 4.98 Å². The molecule has 1 heterocycles. The van der Waals surface area contributed by atoms with Crippen molar-refractivity contribution >= 4 is 22.6 Å². The number of halogens is 2. The van der Waals surface area contributed by atoms with Gasteiger partial charge in [0.05, 0.1) is 18.7 Å². The zero-order valence-electron chi connectivity index (χ0n) is 19.4. The van der Waals surface area contributed by atoms with Crippen molar-refractivity contribution in [3.05, 3.63) is 113 Å². The van der Waals surface area contributed by atoms with Crippen LogP contribution in [0, 0.1) is 11.6 Å². The van der Waals surface area contributed by atoms with E-state index in [1.165, 1.54) is 24.1 Å². The van der Waals surface area contributed by atoms with Crippen LogP contribution in [0.5, 0.6) is 0 Å². The van der Waals surface area contributed by atoms with Crippen LogP contribution in [-0.4, -0.2) is 28.9 Å². The van der Waals surface area contributed by atoms with Gasteiger partial charge in [-0.2, -0.15) is 0 Å². The second-order valence-corrected chi connectivity index (χ2v) is 8.13. The van der Waals surface area contributed by atoms with E-state index in [9.17, 15) is 18.4 Å². The molecule has 0 saturated heterocycles. The molecule has 35 heavy (non-hydrogen) atoms. The molecule has 7 heteroatoms. The first-order valence-electron chi connectivity index (χ1n) is 11.2. The fraction of sp³-hybridized carbons (Fsp3) is 0.179. The molecule has 1 aromatic heterocycles. The van der Waals surface area contributed by atoms with Crippen molar-refractivity contribution in [3.8, 4) is 0 Å². The predicted molar refractivity (Wildman–Crippen MR) is 129 cm³/mol. The molecule has 0 aliphatic carbocycles. The lowest BCUT2D eigenvalue weighted by Gasteiger charge is -2.32. The van der Waals surface area contributed by atoms with Crippen LogP contribution >= 0.6 is 0 Å². The van der Waals surface area contributed by atoms with Crippen LogP contribution in [0.4, 0.5) is 8.78 Å². The molecule has 0 spiro atoms. The molecule has 178 valence electrons. The molecule has 0 bridgehead atoms. The molecule has 4 rings (SSSR count). The zero-order chi connectivity index (χ0) is 24.9. The maximum atomic E-state index is 14.8. The molecule has 0 radical (unpaired) electrons. The third kappa shape index (κ3) is 5.19. The Morgan fingerprint density at radius 1 is 0.971 bits per heavy atom. The van der Waals surface area contributed by atoms with Gasteiger partial charge in [-0.1, -0.05) is 49.4 Å². The number of fused-ring (bicyclic) bond motifs is 1. The van der Waals surface area contributed by atoms with Gasteiger partial charge in [0.15, 0.2) is 0 Å². The number of nitrogens with zero attached hydrogens (tertiary/aromatic N) is 2. The van der Waals surface area contributed by atoms with Crippen molar-refractivity contribution in [2.45, 2.75) is 25.9 Å². The lowest BCUT2D eigenvalue weighted by molar-refractivity contribution is 0.0600. The van der Waals surface area contributed by atoms with Crippen molar-refractivity contribution in [1.29, 1.82) is 0 Å². The average Bonchev–Trinajstić information content (AvgIpc) is 2.88. The molecular formula is C28H24F2N2O3. The fourth-order valence-corrected chi connectivity index (χ4v) is 4.16. The largest absolute Gasteiger partial charge is 0.465 e. The lowest BCUT2D eigenvalue weighted by atomic mass is 9.99. The van der Waals surface area contributed by atoms with Crippen LogP contribution in [0.1, 0.15) is 51.4 Å². The van der Waals surface area contributed by atoms with Gasteiger partial charge in [0.1, 0.15) is 17.3 Å². The van der Waals surface area contributed by atoms with Gasteiger partial charge in [-0.25, -0.2) is 13.6 Å². The molecule has 5 nitrogen and oxygen atoms in total. The van der Waals surface area contributed by atoms with Crippen LogP contribution in [0.3, 0.4) is 0 Å². The van der Waals surface area contributed by atoms with Crippen molar-refractivity contribution in [1.82, 2.24) is 9.88 Å². The number of amides is 1. The number of aromatic nitrogens is 1. The number of rotatable bonds is 7. The summed E-state index contributed by atoms with van der Waals surface area (Å²) in [5.74, 6) is -2.34. The van der Waals surface area contributed by atoms with Crippen molar-refractivity contribution in [2.24, 2.45) is 0 Å². The van der Waals surface area contributed by atoms with Gasteiger partial charge in [-0.05, 0) is 41.6 Å². The molecule has 0 saturated carbocycles. The van der Waals surface area contributed by atoms with E-state index in [-0.39, 0.29) is 17.8 Å². The number of carbonyl (C=O) groups is 2. The molecular weight excluding hydrogens is 450 g/mol. The minimum Gasteiger partial charge on any atom is -0.465 e. The van der Waals surface area contributed by atoms with Crippen LogP contribution in [-0.2, 0) is 11.3 Å². The van der Waals surface area contributed by atoms with Crippen molar-refractivity contribution in [3.63, 3.8) is 0 Å². The van der Waals surface area contributed by atoms with Crippen molar-refractivity contribution < 1.29 is 23.1 Å². The normalized spacial score (nSPS) is 11.8. The van der Waals surface area contributed by atoms with E-state index in [0.29, 0.717) is 17.5 Å². The maximum absolute atomic E-state index is 14.8. The Morgan fingerprint density at radius 2 is 1.74 bits per heavy atom. The van der Waals surface area contributed by atoms with Gasteiger partial charge in [0, 0.05) is 29.8 Å². The standard InChI is InChI=1S/C28H24F2N2O3/c1-3-26(23-12-11-22(29)15-24(23)30)32(17-18-7-6-10-20(13-18)28(34)35-2)27(33)25-14-19-8-4-5-9-21(19)16-31-25/h4-16,26H,3,17H2,1-2H3/t26-/m1/s1. The van der Waals surface area contributed by atoms with Gasteiger partial charge >= 0.3 is 5.97 Å². The molecule has 0 fully saturated rings. The Bertz CT molecular complexity index is 1390. The molecule has 3 aromatic carbocycles. The molecule has 0 unspecified atom stereocenters. The fourth-order valence-electron chi connectivity index (χ4n) is 4.16. The van der Waals surface area contributed by atoms with Gasteiger partial charge in [-0.15, -0.1) is 0 Å². The number of hydrogen-bond donors (Lipinski definition) is 0. The van der Waals surface area contributed by atoms with Crippen LogP contribution in [0.25, 0.3) is 10.8 Å². The molecule has 4 aromatic rings. The Morgan fingerprint density at radius 3 is 2.46 bits per heavy atom. The average molecular weight is 475 g/mol. The number of hydrogen-bond acceptors (Lipinski definition) is 4. The number of methoxy groups -OCH3 is 1. The quantitative estimate of drug-likeness (QED) is 0.304.